The Morgan fingerprint density at radius 2 is 1.52 bits per heavy atom. The third-order valence-electron chi connectivity index (χ3n) is 4.09. The number of hydrogen-bond acceptors (Lipinski definition) is 7. The van der Waals surface area contributed by atoms with E-state index in [9.17, 15) is 24.6 Å². The molecule has 3 amide bonds. The number of aliphatic hydroxyl groups excluding tert-OH is 4. The van der Waals surface area contributed by atoms with E-state index in [1.165, 1.54) is 11.9 Å². The van der Waals surface area contributed by atoms with E-state index in [0.29, 0.717) is 16.4 Å². The van der Waals surface area contributed by atoms with Crippen molar-refractivity contribution in [3.05, 3.63) is 21.8 Å². The van der Waals surface area contributed by atoms with Crippen LogP contribution in [-0.2, 0) is 4.79 Å². The third kappa shape index (κ3) is 7.60. The molecule has 0 saturated carbocycles. The van der Waals surface area contributed by atoms with Crippen LogP contribution in [-0.4, -0.2) is 88.6 Å². The van der Waals surface area contributed by atoms with Gasteiger partial charge in [0.1, 0.15) is 0 Å². The normalized spacial score (nSPS) is 12.8. The number of carbonyl (C=O) groups excluding carboxylic acids is 3. The fourth-order valence-electron chi connectivity index (χ4n) is 2.40. The average Bonchev–Trinajstić information content (AvgIpc) is 2.74. The first kappa shape index (κ1) is 28.7. The molecule has 0 fully saturated rings. The maximum absolute atomic E-state index is 13.1. The van der Waals surface area contributed by atoms with Gasteiger partial charge in [-0.25, -0.2) is 0 Å². The van der Waals surface area contributed by atoms with Crippen molar-refractivity contribution in [3.63, 3.8) is 0 Å². The molecule has 0 aliphatic heterocycles. The first-order chi connectivity index (χ1) is 14.5. The Bertz CT molecular complexity index is 838. The van der Waals surface area contributed by atoms with E-state index in [1.807, 2.05) is 67.8 Å². The number of halogens is 3. The second kappa shape index (κ2) is 13.4. The predicted octanol–water partition coefficient (Wildman–Crippen LogP) is 0.357. The van der Waals surface area contributed by atoms with Crippen molar-refractivity contribution in [1.29, 1.82) is 0 Å². The molecule has 2 unspecified atom stereocenters. The molecule has 0 aliphatic carbocycles. The molecule has 0 aliphatic rings. The van der Waals surface area contributed by atoms with Gasteiger partial charge in [0.25, 0.3) is 11.8 Å². The van der Waals surface area contributed by atoms with Gasteiger partial charge in [0.05, 0.1) is 49.4 Å². The number of aliphatic hydroxyl groups is 4. The highest BCUT2D eigenvalue weighted by Crippen LogP contribution is 2.36. The zero-order chi connectivity index (χ0) is 23.9. The van der Waals surface area contributed by atoms with Crippen molar-refractivity contribution < 1.29 is 34.8 Å². The summed E-state index contributed by atoms with van der Waals surface area (Å²) in [5, 5.41) is 42.5. The van der Waals surface area contributed by atoms with Crippen molar-refractivity contribution in [2.75, 3.05) is 38.7 Å². The first-order valence-electron chi connectivity index (χ1n) is 9.11. The van der Waals surface area contributed by atoms with E-state index in [1.54, 1.807) is 6.92 Å². The molecule has 0 aromatic heterocycles. The van der Waals surface area contributed by atoms with Gasteiger partial charge in [0.2, 0.25) is 5.91 Å². The molecule has 0 bridgehead atoms. The largest absolute Gasteiger partial charge is 0.394 e. The van der Waals surface area contributed by atoms with Crippen LogP contribution in [0.25, 0.3) is 0 Å². The molecule has 1 aromatic rings. The lowest BCUT2D eigenvalue weighted by Crippen LogP contribution is -2.38. The van der Waals surface area contributed by atoms with Gasteiger partial charge in [-0.05, 0) is 67.8 Å². The summed E-state index contributed by atoms with van der Waals surface area (Å²) in [5.41, 5.74) is 0.604. The molecule has 0 radical (unpaired) electrons. The molecule has 0 spiro atoms. The van der Waals surface area contributed by atoms with E-state index >= 15 is 0 Å². The van der Waals surface area contributed by atoms with Crippen LogP contribution in [0.2, 0.25) is 0 Å². The number of rotatable bonds is 10. The van der Waals surface area contributed by atoms with Crippen LogP contribution in [0, 0.1) is 10.7 Å². The smallest absolute Gasteiger partial charge is 0.255 e. The Kier molecular flexibility index (Phi) is 12.4. The van der Waals surface area contributed by atoms with Gasteiger partial charge in [0, 0.05) is 30.1 Å². The van der Waals surface area contributed by atoms with E-state index < -0.39 is 37.2 Å². The van der Waals surface area contributed by atoms with E-state index in [4.69, 9.17) is 10.2 Å². The van der Waals surface area contributed by atoms with Crippen LogP contribution in [0.5, 0.6) is 0 Å². The average molecular weight is 775 g/mol. The predicted molar refractivity (Wildman–Crippen MR) is 139 cm³/mol. The van der Waals surface area contributed by atoms with Gasteiger partial charge in [-0.3, -0.25) is 14.4 Å². The molecule has 1 rings (SSSR count). The highest BCUT2D eigenvalue weighted by atomic mass is 127. The fraction of sp³-hybridized carbons (Fsp3) is 0.500. The van der Waals surface area contributed by atoms with Gasteiger partial charge < -0.3 is 36.0 Å². The van der Waals surface area contributed by atoms with Crippen molar-refractivity contribution in [1.82, 2.24) is 10.2 Å². The molecular weight excluding hydrogens is 751 g/mol. The quantitative estimate of drug-likeness (QED) is 0.188. The summed E-state index contributed by atoms with van der Waals surface area (Å²) in [6.45, 7) is 0.296. The molecule has 31 heavy (non-hydrogen) atoms. The number of nitrogens with one attached hydrogen (secondary N) is 2. The number of likely N-dealkylation sites (N-methyl/N-ethyl adjacent to an activating group) is 1. The van der Waals surface area contributed by atoms with Crippen LogP contribution < -0.4 is 10.6 Å². The lowest BCUT2D eigenvalue weighted by atomic mass is 10.1. The van der Waals surface area contributed by atoms with Crippen molar-refractivity contribution in [3.8, 4) is 0 Å². The lowest BCUT2D eigenvalue weighted by molar-refractivity contribution is -0.115. The minimum Gasteiger partial charge on any atom is -0.394 e. The summed E-state index contributed by atoms with van der Waals surface area (Å²) in [6.07, 6.45) is -2.08. The zero-order valence-corrected chi connectivity index (χ0v) is 23.3. The van der Waals surface area contributed by atoms with Crippen molar-refractivity contribution in [2.24, 2.45) is 0 Å². The van der Waals surface area contributed by atoms with Gasteiger partial charge in [-0.15, -0.1) is 0 Å². The van der Waals surface area contributed by atoms with Crippen LogP contribution in [0.3, 0.4) is 0 Å². The maximum Gasteiger partial charge on any atom is 0.255 e. The molecular formula is C18H24I3N3O7. The summed E-state index contributed by atoms with van der Waals surface area (Å²) in [6, 6.07) is 0. The molecule has 2 atom stereocenters. The van der Waals surface area contributed by atoms with Crippen LogP contribution in [0.4, 0.5) is 5.69 Å². The van der Waals surface area contributed by atoms with Gasteiger partial charge in [-0.1, -0.05) is 6.92 Å². The first-order valence-corrected chi connectivity index (χ1v) is 12.3. The Hall–Kier alpha value is -0.340. The SMILES string of the molecule is CCC(=O)Nc1c(I)c(C(=O)NCC(O)CO)c(I)c(C(=O)N(C)CC(O)CO)c1I. The number of amides is 3. The van der Waals surface area contributed by atoms with Crippen LogP contribution in [0.1, 0.15) is 34.1 Å². The van der Waals surface area contributed by atoms with Crippen molar-refractivity contribution >= 4 is 91.2 Å². The second-order valence-corrected chi connectivity index (χ2v) is 9.77. The van der Waals surface area contributed by atoms with Gasteiger partial charge in [0.15, 0.2) is 0 Å². The standard InChI is InChI=1S/C18H24I3N3O7/c1-3-10(29)23-16-14(20)11(17(30)22-4-8(27)6-25)13(19)12(15(16)21)18(31)24(2)5-9(28)7-26/h8-9,25-28H,3-7H2,1-2H3,(H,22,30)(H,23,29). The molecule has 0 heterocycles. The highest BCUT2D eigenvalue weighted by molar-refractivity contribution is 14.1. The fourth-order valence-corrected chi connectivity index (χ4v) is 6.79. The molecule has 10 nitrogen and oxygen atoms in total. The number of anilines is 1. The zero-order valence-electron chi connectivity index (χ0n) is 16.8. The Labute approximate surface area is 220 Å². The number of hydrogen-bond donors (Lipinski definition) is 6. The summed E-state index contributed by atoms with van der Waals surface area (Å²) in [4.78, 5) is 39.3. The minimum absolute atomic E-state index is 0.131. The molecule has 174 valence electrons. The number of benzene rings is 1. The topological polar surface area (TPSA) is 159 Å². The minimum atomic E-state index is -1.14. The molecule has 13 heteroatoms. The Morgan fingerprint density at radius 3 is 2.03 bits per heavy atom. The molecule has 6 N–H and O–H groups in total. The van der Waals surface area contributed by atoms with Crippen LogP contribution in [0.15, 0.2) is 0 Å². The number of nitrogens with zero attached hydrogens (tertiary/aromatic N) is 1. The van der Waals surface area contributed by atoms with E-state index in [-0.39, 0.29) is 36.5 Å². The molecule has 0 saturated heterocycles. The summed E-state index contributed by atoms with van der Waals surface area (Å²) < 4.78 is 1.17. The van der Waals surface area contributed by atoms with Gasteiger partial charge in [-0.2, -0.15) is 0 Å². The second-order valence-electron chi connectivity index (χ2n) is 6.54. The van der Waals surface area contributed by atoms with E-state index in [0.717, 1.165) is 0 Å². The monoisotopic (exact) mass is 775 g/mol. The Balaban J connectivity index is 3.57. The summed E-state index contributed by atoms with van der Waals surface area (Å²) in [7, 11) is 1.45. The molecule has 1 aromatic carbocycles. The van der Waals surface area contributed by atoms with E-state index in [2.05, 4.69) is 10.6 Å². The summed E-state index contributed by atoms with van der Waals surface area (Å²) >= 11 is 5.71. The van der Waals surface area contributed by atoms with Crippen molar-refractivity contribution in [2.45, 2.75) is 25.6 Å². The summed E-state index contributed by atoms with van der Waals surface area (Å²) in [5.74, 6) is -1.40. The lowest BCUT2D eigenvalue weighted by Gasteiger charge is -2.24. The highest BCUT2D eigenvalue weighted by Gasteiger charge is 2.30. The third-order valence-corrected chi connectivity index (χ3v) is 7.33. The number of carbonyl (C=O) groups is 3. The van der Waals surface area contributed by atoms with Gasteiger partial charge >= 0.3 is 0 Å². The maximum atomic E-state index is 13.1. The Morgan fingerprint density at radius 1 is 0.968 bits per heavy atom. The van der Waals surface area contributed by atoms with Crippen LogP contribution >= 0.6 is 67.8 Å².